The topological polar surface area (TPSA) is 62.6 Å². The van der Waals surface area contributed by atoms with Gasteiger partial charge in [-0.25, -0.2) is 0 Å². The van der Waals surface area contributed by atoms with E-state index >= 15 is 0 Å². The molecule has 1 aliphatic carbocycles. The molecule has 0 saturated carbocycles. The van der Waals surface area contributed by atoms with E-state index < -0.39 is 0 Å². The first kappa shape index (κ1) is 11.5. The molecule has 1 N–H and O–H groups in total. The summed E-state index contributed by atoms with van der Waals surface area (Å²) in [6, 6.07) is 5.30. The van der Waals surface area contributed by atoms with Crippen molar-refractivity contribution in [2.75, 3.05) is 0 Å². The van der Waals surface area contributed by atoms with Crippen LogP contribution in [0.3, 0.4) is 0 Å². The van der Waals surface area contributed by atoms with Gasteiger partial charge in [0.05, 0.1) is 5.69 Å². The zero-order chi connectivity index (χ0) is 12.3. The summed E-state index contributed by atoms with van der Waals surface area (Å²) in [7, 11) is 0. The van der Waals surface area contributed by atoms with Gasteiger partial charge in [0.15, 0.2) is 11.5 Å². The monoisotopic (exact) mass is 230 g/mol. The molecule has 0 spiro atoms. The molecule has 4 heteroatoms. The Morgan fingerprint density at radius 3 is 2.94 bits per heavy atom. The highest BCUT2D eigenvalue weighted by atomic mass is 16.4. The number of allylic oxidation sites excluding steroid dienone is 2. The van der Waals surface area contributed by atoms with Crippen molar-refractivity contribution >= 4 is 11.5 Å². The van der Waals surface area contributed by atoms with Crippen LogP contribution >= 0.6 is 0 Å². The van der Waals surface area contributed by atoms with Crippen LogP contribution in [0, 0.1) is 12.8 Å². The Balaban J connectivity index is 2.28. The Bertz CT molecular complexity index is 492. The Hall–Kier alpha value is -1.97. The molecule has 0 radical (unpaired) electrons. The Morgan fingerprint density at radius 1 is 1.53 bits per heavy atom. The minimum absolute atomic E-state index is 0.0465. The van der Waals surface area contributed by atoms with E-state index in [0.29, 0.717) is 5.69 Å². The Labute approximate surface area is 99.7 Å². The van der Waals surface area contributed by atoms with E-state index in [9.17, 15) is 4.79 Å². The van der Waals surface area contributed by atoms with E-state index in [1.807, 2.05) is 25.1 Å². The minimum Gasteiger partial charge on any atom is -0.410 e. The van der Waals surface area contributed by atoms with Crippen LogP contribution in [0.25, 0.3) is 0 Å². The Morgan fingerprint density at radius 2 is 2.35 bits per heavy atom. The quantitative estimate of drug-likeness (QED) is 0.374. The lowest BCUT2D eigenvalue weighted by atomic mass is 9.98. The predicted octanol–water partition coefficient (Wildman–Crippen LogP) is 2.10. The second-order valence-corrected chi connectivity index (χ2v) is 4.09. The second kappa shape index (κ2) is 4.91. The van der Waals surface area contributed by atoms with E-state index in [0.717, 1.165) is 18.5 Å². The molecule has 1 heterocycles. The second-order valence-electron chi connectivity index (χ2n) is 4.09. The van der Waals surface area contributed by atoms with E-state index in [1.54, 1.807) is 12.1 Å². The molecule has 1 atom stereocenters. The number of ketones is 1. The lowest BCUT2D eigenvalue weighted by molar-refractivity contribution is -0.115. The van der Waals surface area contributed by atoms with Gasteiger partial charge < -0.3 is 5.21 Å². The molecule has 0 saturated heterocycles. The number of rotatable bonds is 3. The summed E-state index contributed by atoms with van der Waals surface area (Å²) in [6.07, 6.45) is 5.52. The van der Waals surface area contributed by atoms with Crippen LogP contribution in [0.1, 0.15) is 24.2 Å². The fourth-order valence-corrected chi connectivity index (χ4v) is 1.93. The maximum Gasteiger partial charge on any atom is 0.193 e. The molecular weight excluding hydrogens is 216 g/mol. The molecular formula is C13H14N2O2. The number of nitrogens with zero attached hydrogens (tertiary/aromatic N) is 2. The molecule has 0 amide bonds. The molecule has 1 aliphatic rings. The maximum absolute atomic E-state index is 12.1. The third-order valence-electron chi connectivity index (χ3n) is 2.81. The molecule has 4 nitrogen and oxygen atoms in total. The molecule has 17 heavy (non-hydrogen) atoms. The summed E-state index contributed by atoms with van der Waals surface area (Å²) in [6.45, 7) is 1.83. The number of hydrogen-bond donors (Lipinski definition) is 1. The number of pyridine rings is 1. The lowest BCUT2D eigenvalue weighted by Crippen LogP contribution is -2.23. The molecule has 0 aliphatic heterocycles. The molecule has 0 fully saturated rings. The van der Waals surface area contributed by atoms with Gasteiger partial charge in [-0.2, -0.15) is 0 Å². The van der Waals surface area contributed by atoms with Crippen molar-refractivity contribution in [2.45, 2.75) is 19.8 Å². The highest BCUT2D eigenvalue weighted by molar-refractivity contribution is 6.46. The molecule has 0 aromatic carbocycles. The first-order valence-corrected chi connectivity index (χ1v) is 5.59. The third kappa shape index (κ3) is 2.41. The van der Waals surface area contributed by atoms with E-state index in [4.69, 9.17) is 5.21 Å². The van der Waals surface area contributed by atoms with Gasteiger partial charge in [0.25, 0.3) is 0 Å². The predicted molar refractivity (Wildman–Crippen MR) is 64.2 cm³/mol. The minimum atomic E-state index is -0.178. The first-order chi connectivity index (χ1) is 8.22. The van der Waals surface area contributed by atoms with Crippen LogP contribution in [-0.2, 0) is 4.79 Å². The summed E-state index contributed by atoms with van der Waals surface area (Å²) in [5.74, 6) is -0.345. The third-order valence-corrected chi connectivity index (χ3v) is 2.81. The average Bonchev–Trinajstić information content (AvgIpc) is 2.83. The Kier molecular flexibility index (Phi) is 3.32. The molecule has 88 valence electrons. The van der Waals surface area contributed by atoms with Gasteiger partial charge in [0.2, 0.25) is 0 Å². The number of carbonyl (C=O) groups excluding carboxylic acids is 1. The number of aromatic nitrogens is 1. The van der Waals surface area contributed by atoms with Gasteiger partial charge in [-0.3, -0.25) is 9.78 Å². The van der Waals surface area contributed by atoms with Crippen LogP contribution in [0.2, 0.25) is 0 Å². The summed E-state index contributed by atoms with van der Waals surface area (Å²) in [5.41, 5.74) is 1.27. The molecule has 0 bridgehead atoms. The largest absolute Gasteiger partial charge is 0.410 e. The molecule has 2 rings (SSSR count). The van der Waals surface area contributed by atoms with E-state index in [1.165, 1.54) is 0 Å². The first-order valence-electron chi connectivity index (χ1n) is 5.59. The van der Waals surface area contributed by atoms with Crippen LogP contribution in [0.5, 0.6) is 0 Å². The highest BCUT2D eigenvalue weighted by Gasteiger charge is 2.25. The van der Waals surface area contributed by atoms with Crippen molar-refractivity contribution in [3.05, 3.63) is 41.7 Å². The number of hydrogen-bond acceptors (Lipinski definition) is 4. The normalized spacial score (nSPS) is 19.6. The summed E-state index contributed by atoms with van der Waals surface area (Å²) in [5, 5.41) is 12.1. The van der Waals surface area contributed by atoms with Crippen LogP contribution < -0.4 is 0 Å². The SMILES string of the molecule is Cc1cccc(C(=NO)C(=O)C2C=CCC2)n1. The van der Waals surface area contributed by atoms with Crippen molar-refractivity contribution in [3.8, 4) is 0 Å². The zero-order valence-electron chi connectivity index (χ0n) is 9.63. The summed E-state index contributed by atoms with van der Waals surface area (Å²) >= 11 is 0. The van der Waals surface area contributed by atoms with Crippen LogP contribution in [0.15, 0.2) is 35.5 Å². The van der Waals surface area contributed by atoms with Gasteiger partial charge in [0, 0.05) is 11.6 Å². The fraction of sp³-hybridized carbons (Fsp3) is 0.308. The van der Waals surface area contributed by atoms with Crippen molar-refractivity contribution in [1.82, 2.24) is 4.98 Å². The standard InChI is InChI=1S/C13H14N2O2/c1-9-5-4-8-11(14-9)12(15-17)13(16)10-6-2-3-7-10/h2,4-6,8,10,17H,3,7H2,1H3. The highest BCUT2D eigenvalue weighted by Crippen LogP contribution is 2.19. The number of oxime groups is 1. The van der Waals surface area contributed by atoms with Crippen molar-refractivity contribution in [2.24, 2.45) is 11.1 Å². The summed E-state index contributed by atoms with van der Waals surface area (Å²) in [4.78, 5) is 16.3. The van der Waals surface area contributed by atoms with Crippen molar-refractivity contribution in [1.29, 1.82) is 0 Å². The van der Waals surface area contributed by atoms with E-state index in [2.05, 4.69) is 10.1 Å². The van der Waals surface area contributed by atoms with E-state index in [-0.39, 0.29) is 17.4 Å². The van der Waals surface area contributed by atoms with Crippen LogP contribution in [-0.4, -0.2) is 21.7 Å². The maximum atomic E-state index is 12.1. The average molecular weight is 230 g/mol. The van der Waals surface area contributed by atoms with Crippen LogP contribution in [0.4, 0.5) is 0 Å². The number of aryl methyl sites for hydroxylation is 1. The van der Waals surface area contributed by atoms with Gasteiger partial charge in [-0.1, -0.05) is 23.4 Å². The molecule has 1 aromatic rings. The van der Waals surface area contributed by atoms with Gasteiger partial charge >= 0.3 is 0 Å². The summed E-state index contributed by atoms with van der Waals surface area (Å²) < 4.78 is 0. The fourth-order valence-electron chi connectivity index (χ4n) is 1.93. The van der Waals surface area contributed by atoms with Gasteiger partial charge in [-0.05, 0) is 31.9 Å². The number of carbonyl (C=O) groups is 1. The van der Waals surface area contributed by atoms with Gasteiger partial charge in [0.1, 0.15) is 0 Å². The zero-order valence-corrected chi connectivity index (χ0v) is 9.63. The van der Waals surface area contributed by atoms with Crippen molar-refractivity contribution < 1.29 is 10.0 Å². The van der Waals surface area contributed by atoms with Gasteiger partial charge in [-0.15, -0.1) is 0 Å². The molecule has 1 unspecified atom stereocenters. The lowest BCUT2D eigenvalue weighted by Gasteiger charge is -2.08. The smallest absolute Gasteiger partial charge is 0.193 e. The van der Waals surface area contributed by atoms with Crippen molar-refractivity contribution in [3.63, 3.8) is 0 Å². The molecule has 1 aromatic heterocycles. The number of Topliss-reactive ketones (excluding diaryl/α,β-unsaturated/α-hetero) is 1.